The van der Waals surface area contributed by atoms with E-state index in [0.717, 1.165) is 4.57 Å². The number of H-pyrrole nitrogens is 1. The van der Waals surface area contributed by atoms with Crippen molar-refractivity contribution >= 4 is 28.5 Å². The fourth-order valence-electron chi connectivity index (χ4n) is 2.16. The maximum atomic E-state index is 11.9. The molecule has 2 heterocycles. The van der Waals surface area contributed by atoms with Crippen LogP contribution in [0.25, 0.3) is 0 Å². The Hall–Kier alpha value is -1.24. The molecule has 0 aliphatic carbocycles. The molecule has 9 nitrogen and oxygen atoms in total. The van der Waals surface area contributed by atoms with E-state index in [4.69, 9.17) is 9.84 Å². The third-order valence-corrected chi connectivity index (χ3v) is 4.03. The summed E-state index contributed by atoms with van der Waals surface area (Å²) in [5.41, 5.74) is -1.07. The van der Waals surface area contributed by atoms with Crippen molar-refractivity contribution in [1.29, 1.82) is 0 Å². The molecule has 0 saturated carbocycles. The molecule has 1 aliphatic rings. The number of carbonyl (C=O) groups excluding carboxylic acids is 1. The van der Waals surface area contributed by atoms with Crippen LogP contribution in [0.15, 0.2) is 15.8 Å². The highest BCUT2D eigenvalue weighted by Crippen LogP contribution is 2.27. The fourth-order valence-corrected chi connectivity index (χ4v) is 2.43. The Balaban J connectivity index is 2.23. The lowest BCUT2D eigenvalue weighted by Crippen LogP contribution is -2.36. The van der Waals surface area contributed by atoms with Gasteiger partial charge in [-0.3, -0.25) is 19.1 Å². The second kappa shape index (κ2) is 7.35. The Labute approximate surface area is 138 Å². The summed E-state index contributed by atoms with van der Waals surface area (Å²) in [5, 5.41) is 21.3. The van der Waals surface area contributed by atoms with E-state index in [2.05, 4.69) is 10.3 Å². The number of hydrogen-bond donors (Lipinski definition) is 4. The highest BCUT2D eigenvalue weighted by atomic mass is 127. The van der Waals surface area contributed by atoms with Crippen molar-refractivity contribution in [3.05, 3.63) is 32.6 Å². The van der Waals surface area contributed by atoms with Crippen LogP contribution >= 0.6 is 22.6 Å². The van der Waals surface area contributed by atoms with E-state index in [9.17, 15) is 19.5 Å². The number of hydrogen-bond acceptors (Lipinski definition) is 6. The first-order valence-electron chi connectivity index (χ1n) is 6.57. The molecule has 1 fully saturated rings. The summed E-state index contributed by atoms with van der Waals surface area (Å²) in [6.07, 6.45) is -1.03. The highest BCUT2D eigenvalue weighted by Gasteiger charge is 2.35. The lowest BCUT2D eigenvalue weighted by atomic mass is 10.2. The molecule has 122 valence electrons. The quantitative estimate of drug-likeness (QED) is 0.326. The molecule has 0 spiro atoms. The average molecular weight is 425 g/mol. The number of amides is 1. The zero-order chi connectivity index (χ0) is 16.3. The van der Waals surface area contributed by atoms with Crippen molar-refractivity contribution in [3.8, 4) is 0 Å². The van der Waals surface area contributed by atoms with Crippen LogP contribution in [0.5, 0.6) is 0 Å². The van der Waals surface area contributed by atoms with E-state index in [1.165, 1.54) is 6.20 Å². The summed E-state index contributed by atoms with van der Waals surface area (Å²) in [6.45, 7) is -0.384. The minimum absolute atomic E-state index is 0.0177. The van der Waals surface area contributed by atoms with E-state index in [-0.39, 0.29) is 35.5 Å². The molecule has 10 heteroatoms. The van der Waals surface area contributed by atoms with Crippen LogP contribution in [0.1, 0.15) is 18.2 Å². The minimum Gasteiger partial charge on any atom is -0.394 e. The number of rotatable bonds is 5. The van der Waals surface area contributed by atoms with Crippen molar-refractivity contribution in [2.45, 2.75) is 31.4 Å². The van der Waals surface area contributed by atoms with Crippen LogP contribution in [0.4, 0.5) is 0 Å². The normalized spacial score (nSPS) is 24.4. The Bertz CT molecular complexity index is 657. The smallest absolute Gasteiger partial charge is 0.330 e. The summed E-state index contributed by atoms with van der Waals surface area (Å²) in [5.74, 6) is -0.231. The lowest BCUT2D eigenvalue weighted by molar-refractivity contribution is -0.118. The van der Waals surface area contributed by atoms with E-state index >= 15 is 0 Å². The number of aliphatic hydroxyl groups is 2. The molecule has 0 bridgehead atoms. The predicted molar refractivity (Wildman–Crippen MR) is 83.7 cm³/mol. The van der Waals surface area contributed by atoms with Gasteiger partial charge in [-0.1, -0.05) is 22.6 Å². The number of aromatic amines is 1. The maximum Gasteiger partial charge on any atom is 0.330 e. The van der Waals surface area contributed by atoms with Crippen LogP contribution in [0, 0.1) is 0 Å². The first-order chi connectivity index (χ1) is 10.5. The van der Waals surface area contributed by atoms with Crippen molar-refractivity contribution in [2.24, 2.45) is 0 Å². The van der Waals surface area contributed by atoms with Crippen LogP contribution in [-0.2, 0) is 16.1 Å². The van der Waals surface area contributed by atoms with Crippen molar-refractivity contribution < 1.29 is 19.7 Å². The Morgan fingerprint density at radius 3 is 2.86 bits per heavy atom. The molecular weight excluding hydrogens is 409 g/mol. The second-order valence-electron chi connectivity index (χ2n) is 4.85. The summed E-state index contributed by atoms with van der Waals surface area (Å²) in [6, 6.07) is 0. The SMILES string of the molecule is O=C(CI)NCc1cn(C2CC(O)C(CO)O2)c(=O)[nH]c1=O. The molecule has 22 heavy (non-hydrogen) atoms. The largest absolute Gasteiger partial charge is 0.394 e. The minimum atomic E-state index is -0.893. The van der Waals surface area contributed by atoms with Gasteiger partial charge in [0.15, 0.2) is 0 Å². The number of halogens is 1. The standard InChI is InChI=1S/C12H16IN3O6/c13-2-9(19)14-3-6-4-16(12(21)15-11(6)20)10-1-7(18)8(5-17)22-10/h4,7-8,10,17-18H,1-3,5H2,(H,14,19)(H,15,20,21). The topological polar surface area (TPSA) is 134 Å². The Morgan fingerprint density at radius 2 is 2.27 bits per heavy atom. The molecule has 4 N–H and O–H groups in total. The van der Waals surface area contributed by atoms with Gasteiger partial charge in [0, 0.05) is 19.2 Å². The van der Waals surface area contributed by atoms with E-state index < -0.39 is 29.7 Å². The van der Waals surface area contributed by atoms with Gasteiger partial charge in [0.2, 0.25) is 5.91 Å². The van der Waals surface area contributed by atoms with Gasteiger partial charge in [0.1, 0.15) is 12.3 Å². The van der Waals surface area contributed by atoms with Gasteiger partial charge in [-0.2, -0.15) is 0 Å². The average Bonchev–Trinajstić information content (AvgIpc) is 2.86. The zero-order valence-electron chi connectivity index (χ0n) is 11.5. The van der Waals surface area contributed by atoms with Crippen LogP contribution < -0.4 is 16.6 Å². The van der Waals surface area contributed by atoms with Gasteiger partial charge in [0.05, 0.1) is 22.7 Å². The summed E-state index contributed by atoms with van der Waals surface area (Å²) in [4.78, 5) is 37.0. The molecule has 0 aromatic carbocycles. The number of aliphatic hydroxyl groups excluding tert-OH is 2. The third-order valence-electron chi connectivity index (χ3n) is 3.33. The first-order valence-corrected chi connectivity index (χ1v) is 8.10. The van der Waals surface area contributed by atoms with Gasteiger partial charge in [-0.05, 0) is 0 Å². The number of ether oxygens (including phenoxy) is 1. The monoisotopic (exact) mass is 425 g/mol. The van der Waals surface area contributed by atoms with Crippen molar-refractivity contribution in [1.82, 2.24) is 14.9 Å². The van der Waals surface area contributed by atoms with Crippen molar-refractivity contribution in [2.75, 3.05) is 11.0 Å². The number of carbonyl (C=O) groups is 1. The Morgan fingerprint density at radius 1 is 1.55 bits per heavy atom. The number of alkyl halides is 1. The van der Waals surface area contributed by atoms with Gasteiger partial charge >= 0.3 is 5.69 Å². The summed E-state index contributed by atoms with van der Waals surface area (Å²) < 4.78 is 6.78. The van der Waals surface area contributed by atoms with Gasteiger partial charge in [-0.25, -0.2) is 4.79 Å². The van der Waals surface area contributed by atoms with Gasteiger partial charge < -0.3 is 20.3 Å². The molecule has 0 radical (unpaired) electrons. The van der Waals surface area contributed by atoms with Crippen LogP contribution in [-0.4, -0.2) is 48.9 Å². The molecule has 1 amide bonds. The van der Waals surface area contributed by atoms with E-state index in [1.54, 1.807) is 0 Å². The second-order valence-corrected chi connectivity index (χ2v) is 5.61. The molecular formula is C12H16IN3O6. The van der Waals surface area contributed by atoms with E-state index in [1.807, 2.05) is 22.6 Å². The van der Waals surface area contributed by atoms with Gasteiger partial charge in [-0.15, -0.1) is 0 Å². The lowest BCUT2D eigenvalue weighted by Gasteiger charge is -2.15. The van der Waals surface area contributed by atoms with Gasteiger partial charge in [0.25, 0.3) is 5.56 Å². The highest BCUT2D eigenvalue weighted by molar-refractivity contribution is 14.1. The summed E-state index contributed by atoms with van der Waals surface area (Å²) >= 11 is 1.89. The van der Waals surface area contributed by atoms with Crippen molar-refractivity contribution in [3.63, 3.8) is 0 Å². The summed E-state index contributed by atoms with van der Waals surface area (Å²) in [7, 11) is 0. The molecule has 3 unspecified atom stereocenters. The maximum absolute atomic E-state index is 11.9. The number of aromatic nitrogens is 2. The number of nitrogens with one attached hydrogen (secondary N) is 2. The predicted octanol–water partition coefficient (Wildman–Crippen LogP) is -1.77. The molecule has 1 aliphatic heterocycles. The zero-order valence-corrected chi connectivity index (χ0v) is 13.6. The molecule has 3 atom stereocenters. The molecule has 1 aromatic rings. The number of nitrogens with zero attached hydrogens (tertiary/aromatic N) is 1. The van der Waals surface area contributed by atoms with E-state index in [0.29, 0.717) is 0 Å². The van der Waals surface area contributed by atoms with Crippen LogP contribution in [0.2, 0.25) is 0 Å². The Kier molecular flexibility index (Phi) is 5.72. The molecule has 2 rings (SSSR count). The third kappa shape index (κ3) is 3.74. The molecule has 1 aromatic heterocycles. The van der Waals surface area contributed by atoms with Crippen LogP contribution in [0.3, 0.4) is 0 Å². The first kappa shape index (κ1) is 17.1. The fraction of sp³-hybridized carbons (Fsp3) is 0.583. The molecule has 1 saturated heterocycles.